The van der Waals surface area contributed by atoms with Crippen LogP contribution in [0.3, 0.4) is 0 Å². The molecule has 1 heterocycles. The van der Waals surface area contributed by atoms with Crippen LogP contribution in [0.25, 0.3) is 0 Å². The monoisotopic (exact) mass is 184 g/mol. The van der Waals surface area contributed by atoms with E-state index < -0.39 is 0 Å². The molecule has 0 spiro atoms. The Labute approximate surface area is 79.9 Å². The van der Waals surface area contributed by atoms with E-state index in [1.807, 2.05) is 6.41 Å². The van der Waals surface area contributed by atoms with Crippen molar-refractivity contribution in [2.24, 2.45) is 0 Å². The van der Waals surface area contributed by atoms with E-state index in [9.17, 15) is 4.79 Å². The standard InChI is InChI=1S/C9H18N3O/c1-11(2)6-4-10-9-3-5-12(7-9)8-13/h9-10H,3-7H2,1-2H3/t9-/m0/s1. The van der Waals surface area contributed by atoms with Crippen LogP contribution >= 0.6 is 0 Å². The Kier molecular flexibility index (Phi) is 4.18. The summed E-state index contributed by atoms with van der Waals surface area (Å²) < 4.78 is 0. The van der Waals surface area contributed by atoms with E-state index in [0.717, 1.165) is 32.6 Å². The van der Waals surface area contributed by atoms with Crippen molar-refractivity contribution in [3.8, 4) is 0 Å². The number of hydrogen-bond acceptors (Lipinski definition) is 3. The number of nitrogens with one attached hydrogen (secondary N) is 1. The zero-order valence-electron chi connectivity index (χ0n) is 8.42. The third-order valence-electron chi connectivity index (χ3n) is 2.31. The number of rotatable bonds is 5. The van der Waals surface area contributed by atoms with Crippen molar-refractivity contribution in [1.82, 2.24) is 15.1 Å². The summed E-state index contributed by atoms with van der Waals surface area (Å²) in [7, 11) is 4.11. The van der Waals surface area contributed by atoms with Crippen molar-refractivity contribution in [2.75, 3.05) is 40.3 Å². The summed E-state index contributed by atoms with van der Waals surface area (Å²) in [5, 5.41) is 3.42. The highest BCUT2D eigenvalue weighted by molar-refractivity contribution is 5.48. The van der Waals surface area contributed by atoms with Crippen molar-refractivity contribution in [1.29, 1.82) is 0 Å². The maximum Gasteiger partial charge on any atom is 0.312 e. The van der Waals surface area contributed by atoms with Crippen LogP contribution in [0, 0.1) is 0 Å². The van der Waals surface area contributed by atoms with Crippen LogP contribution in [0.15, 0.2) is 0 Å². The molecule has 0 aromatic carbocycles. The van der Waals surface area contributed by atoms with Crippen molar-refractivity contribution in [2.45, 2.75) is 12.5 Å². The highest BCUT2D eigenvalue weighted by Crippen LogP contribution is 2.05. The smallest absolute Gasteiger partial charge is 0.312 e. The normalized spacial score (nSPS) is 22.7. The molecule has 1 saturated heterocycles. The molecule has 0 aromatic rings. The fourth-order valence-corrected chi connectivity index (χ4v) is 1.50. The maximum absolute atomic E-state index is 10.3. The average Bonchev–Trinajstić information content (AvgIpc) is 2.52. The third-order valence-corrected chi connectivity index (χ3v) is 2.31. The molecule has 0 bridgehead atoms. The van der Waals surface area contributed by atoms with E-state index >= 15 is 0 Å². The lowest BCUT2D eigenvalue weighted by molar-refractivity contribution is 0.379. The van der Waals surface area contributed by atoms with Gasteiger partial charge >= 0.3 is 6.41 Å². The van der Waals surface area contributed by atoms with E-state index in [4.69, 9.17) is 0 Å². The molecule has 0 aromatic heterocycles. The predicted octanol–water partition coefficient (Wildman–Crippen LogP) is -0.721. The Balaban J connectivity index is 2.07. The topological polar surface area (TPSA) is 35.6 Å². The summed E-state index contributed by atoms with van der Waals surface area (Å²) in [5.41, 5.74) is 0. The van der Waals surface area contributed by atoms with Crippen LogP contribution in [-0.4, -0.2) is 62.5 Å². The number of amides is 1. The Hall–Kier alpha value is -0.610. The molecule has 1 rings (SSSR count). The van der Waals surface area contributed by atoms with Gasteiger partial charge in [-0.2, -0.15) is 0 Å². The van der Waals surface area contributed by atoms with Crippen molar-refractivity contribution in [3.05, 3.63) is 0 Å². The molecule has 1 aliphatic heterocycles. The van der Waals surface area contributed by atoms with Gasteiger partial charge in [0.15, 0.2) is 0 Å². The maximum atomic E-state index is 10.3. The number of likely N-dealkylation sites (N-methyl/N-ethyl adjacent to an activating group) is 1. The first-order valence-corrected chi connectivity index (χ1v) is 4.73. The average molecular weight is 184 g/mol. The number of hydrogen-bond donors (Lipinski definition) is 1. The second-order valence-corrected chi connectivity index (χ2v) is 3.78. The largest absolute Gasteiger partial charge is 0.333 e. The first-order chi connectivity index (χ1) is 6.22. The molecule has 0 aliphatic carbocycles. The second-order valence-electron chi connectivity index (χ2n) is 3.78. The number of nitrogens with zero attached hydrogens (tertiary/aromatic N) is 2. The van der Waals surface area contributed by atoms with Crippen LogP contribution in [0.5, 0.6) is 0 Å². The first kappa shape index (κ1) is 10.5. The van der Waals surface area contributed by atoms with E-state index in [1.165, 1.54) is 0 Å². The molecule has 1 amide bonds. The van der Waals surface area contributed by atoms with Gasteiger partial charge in [0.25, 0.3) is 0 Å². The molecule has 1 aliphatic rings. The summed E-state index contributed by atoms with van der Waals surface area (Å²) in [6.45, 7) is 3.70. The number of likely N-dealkylation sites (tertiary alicyclic amines) is 1. The van der Waals surface area contributed by atoms with Crippen LogP contribution in [0.4, 0.5) is 0 Å². The molecular weight excluding hydrogens is 166 g/mol. The van der Waals surface area contributed by atoms with Crippen LogP contribution in [-0.2, 0) is 4.79 Å². The highest BCUT2D eigenvalue weighted by Gasteiger charge is 2.20. The van der Waals surface area contributed by atoms with Gasteiger partial charge in [-0.25, -0.2) is 0 Å². The Morgan fingerprint density at radius 3 is 2.92 bits per heavy atom. The molecule has 1 N–H and O–H groups in total. The van der Waals surface area contributed by atoms with Gasteiger partial charge in [-0.1, -0.05) is 0 Å². The van der Waals surface area contributed by atoms with E-state index in [0.29, 0.717) is 6.04 Å². The van der Waals surface area contributed by atoms with E-state index in [2.05, 4.69) is 24.3 Å². The lowest BCUT2D eigenvalue weighted by Gasteiger charge is -2.14. The zero-order valence-corrected chi connectivity index (χ0v) is 8.42. The molecule has 1 radical (unpaired) electrons. The number of carbonyl (C=O) groups excluding carboxylic acids is 1. The van der Waals surface area contributed by atoms with Crippen molar-refractivity contribution in [3.63, 3.8) is 0 Å². The molecule has 13 heavy (non-hydrogen) atoms. The minimum atomic E-state index is 0.474. The lowest BCUT2D eigenvalue weighted by atomic mass is 10.2. The van der Waals surface area contributed by atoms with Gasteiger partial charge in [0.1, 0.15) is 0 Å². The van der Waals surface area contributed by atoms with Crippen molar-refractivity contribution >= 4 is 6.41 Å². The van der Waals surface area contributed by atoms with E-state index in [-0.39, 0.29) is 0 Å². The quantitative estimate of drug-likeness (QED) is 0.612. The van der Waals surface area contributed by atoms with Crippen LogP contribution < -0.4 is 5.32 Å². The minimum Gasteiger partial charge on any atom is -0.333 e. The SMILES string of the molecule is CN(C)CCN[C@H]1CCN([C]=O)C1. The molecular formula is C9H18N3O. The van der Waals surface area contributed by atoms with Gasteiger partial charge in [0.05, 0.1) is 0 Å². The zero-order chi connectivity index (χ0) is 9.68. The summed E-state index contributed by atoms with van der Waals surface area (Å²) in [4.78, 5) is 14.1. The predicted molar refractivity (Wildman–Crippen MR) is 52.2 cm³/mol. The van der Waals surface area contributed by atoms with E-state index in [1.54, 1.807) is 4.90 Å². The van der Waals surface area contributed by atoms with Gasteiger partial charge in [-0.3, -0.25) is 4.79 Å². The molecule has 1 fully saturated rings. The Morgan fingerprint density at radius 2 is 2.38 bits per heavy atom. The second kappa shape index (κ2) is 5.19. The minimum absolute atomic E-state index is 0.474. The molecule has 4 nitrogen and oxygen atoms in total. The summed E-state index contributed by atoms with van der Waals surface area (Å²) in [5.74, 6) is 0. The van der Waals surface area contributed by atoms with Crippen molar-refractivity contribution < 1.29 is 4.79 Å². The highest BCUT2D eigenvalue weighted by atomic mass is 16.1. The van der Waals surface area contributed by atoms with Crippen LogP contribution in [0.2, 0.25) is 0 Å². The molecule has 4 heteroatoms. The molecule has 1 atom stereocenters. The molecule has 0 saturated carbocycles. The fourth-order valence-electron chi connectivity index (χ4n) is 1.50. The first-order valence-electron chi connectivity index (χ1n) is 4.73. The van der Waals surface area contributed by atoms with Crippen LogP contribution in [0.1, 0.15) is 6.42 Å². The third kappa shape index (κ3) is 3.74. The fraction of sp³-hybridized carbons (Fsp3) is 0.889. The van der Waals surface area contributed by atoms with Gasteiger partial charge in [-0.05, 0) is 20.5 Å². The van der Waals surface area contributed by atoms with Gasteiger partial charge in [0.2, 0.25) is 0 Å². The summed E-state index contributed by atoms with van der Waals surface area (Å²) in [6, 6.07) is 0.474. The van der Waals surface area contributed by atoms with Gasteiger partial charge in [0, 0.05) is 32.2 Å². The molecule has 75 valence electrons. The summed E-state index contributed by atoms with van der Waals surface area (Å²) >= 11 is 0. The summed E-state index contributed by atoms with van der Waals surface area (Å²) in [6.07, 6.45) is 2.98. The molecule has 0 unspecified atom stereocenters. The van der Waals surface area contributed by atoms with Gasteiger partial charge < -0.3 is 15.1 Å². The lowest BCUT2D eigenvalue weighted by Crippen LogP contribution is -2.36. The Morgan fingerprint density at radius 1 is 1.62 bits per heavy atom. The van der Waals surface area contributed by atoms with Gasteiger partial charge in [-0.15, -0.1) is 0 Å². The Bertz CT molecular complexity index is 161.